The number of carbonyl (C=O) groups is 1. The maximum Gasteiger partial charge on any atom is 2.00 e. The van der Waals surface area contributed by atoms with Crippen molar-refractivity contribution in [1.29, 1.82) is 0 Å². The fraction of sp³-hybridized carbons (Fsp3) is 0.900. The summed E-state index contributed by atoms with van der Waals surface area (Å²) in [5.74, 6) is -0.663. The Morgan fingerprint density at radius 2 is 1.54 bits per heavy atom. The van der Waals surface area contributed by atoms with Crippen LogP contribution in [0.1, 0.15) is 61.1 Å². The van der Waals surface area contributed by atoms with E-state index < -0.39 is 5.97 Å². The summed E-state index contributed by atoms with van der Waals surface area (Å²) in [7, 11) is 0. The number of aliphatic carboxylic acids is 1. The van der Waals surface area contributed by atoms with Crippen molar-refractivity contribution in [1.82, 2.24) is 0 Å². The van der Waals surface area contributed by atoms with Gasteiger partial charge in [-0.05, 0) is 6.42 Å². The molecule has 0 aliphatic heterocycles. The first-order valence-electron chi connectivity index (χ1n) is 4.99. The fourth-order valence-corrected chi connectivity index (χ4v) is 1.23. The van der Waals surface area contributed by atoms with Gasteiger partial charge in [0.25, 0.3) is 0 Å². The van der Waals surface area contributed by atoms with Gasteiger partial charge in [0.2, 0.25) is 0 Å². The van der Waals surface area contributed by atoms with Gasteiger partial charge >= 0.3 is 51.5 Å². The normalized spacial score (nSPS) is 9.31. The zero-order valence-corrected chi connectivity index (χ0v) is 12.2. The summed E-state index contributed by atoms with van der Waals surface area (Å²) in [6.45, 7) is 2.20. The summed E-state index contributed by atoms with van der Waals surface area (Å²) in [5, 5.41) is 8.35. The minimum atomic E-state index is -0.663. The van der Waals surface area contributed by atoms with Crippen LogP contribution < -0.4 is 0 Å². The third-order valence-corrected chi connectivity index (χ3v) is 1.99. The van der Waals surface area contributed by atoms with Crippen molar-refractivity contribution in [3.63, 3.8) is 0 Å². The number of hydrogen-bond donors (Lipinski definition) is 1. The van der Waals surface area contributed by atoms with E-state index in [1.54, 1.807) is 0 Å². The second-order valence-corrected chi connectivity index (χ2v) is 3.27. The Bertz CT molecular complexity index is 124. The topological polar surface area (TPSA) is 37.3 Å². The van der Waals surface area contributed by atoms with Gasteiger partial charge in [0.05, 0.1) is 0 Å². The molecular formula is C10H22O2Sr. The molecule has 0 spiro atoms. The smallest absolute Gasteiger partial charge is 1.00 e. The zero-order chi connectivity index (χ0) is 9.23. The molecule has 0 saturated heterocycles. The molecule has 2 nitrogen and oxygen atoms in total. The van der Waals surface area contributed by atoms with Crippen molar-refractivity contribution < 1.29 is 12.8 Å². The Balaban J connectivity index is -0.000000202. The van der Waals surface area contributed by atoms with Crippen molar-refractivity contribution in [2.75, 3.05) is 0 Å². The second kappa shape index (κ2) is 13.0. The first-order chi connectivity index (χ1) is 5.77. The molecule has 76 valence electrons. The van der Waals surface area contributed by atoms with Crippen LogP contribution in [-0.2, 0) is 4.79 Å². The second-order valence-electron chi connectivity index (χ2n) is 3.27. The first kappa shape index (κ1) is 16.4. The molecule has 0 unspecified atom stereocenters. The number of unbranched alkanes of at least 4 members (excludes halogenated alkanes) is 6. The average molecular weight is 262 g/mol. The van der Waals surface area contributed by atoms with Crippen LogP contribution in [0.5, 0.6) is 0 Å². The predicted molar refractivity (Wildman–Crippen MR) is 58.2 cm³/mol. The molecule has 0 atom stereocenters. The van der Waals surface area contributed by atoms with Crippen molar-refractivity contribution in [2.45, 2.75) is 58.3 Å². The third-order valence-electron chi connectivity index (χ3n) is 1.99. The molecule has 0 radical (unpaired) electrons. The molecule has 0 saturated carbocycles. The molecular weight excluding hydrogens is 240 g/mol. The monoisotopic (exact) mass is 262 g/mol. The summed E-state index contributed by atoms with van der Waals surface area (Å²) in [6.07, 6.45) is 8.64. The standard InChI is InChI=1S/C10H20O2.Sr.2H/c1-2-3-4-5-6-7-8-9-10(11)12;;;/h2-9H2,1H3,(H,11,12);;;/q;+2;2*-1. The van der Waals surface area contributed by atoms with E-state index in [4.69, 9.17) is 5.11 Å². The van der Waals surface area contributed by atoms with E-state index >= 15 is 0 Å². The summed E-state index contributed by atoms with van der Waals surface area (Å²) in [6, 6.07) is 0. The van der Waals surface area contributed by atoms with Crippen LogP contribution in [0.25, 0.3) is 0 Å². The SMILES string of the molecule is CCCCCCCCCC(=O)O.[H-].[H-].[Sr+2]. The van der Waals surface area contributed by atoms with Gasteiger partial charge in [-0.25, -0.2) is 0 Å². The molecule has 0 aliphatic carbocycles. The largest absolute Gasteiger partial charge is 2.00 e. The summed E-state index contributed by atoms with van der Waals surface area (Å²) in [5.41, 5.74) is 0. The van der Waals surface area contributed by atoms with Crippen LogP contribution in [0.15, 0.2) is 0 Å². The van der Waals surface area contributed by atoms with E-state index in [1.165, 1.54) is 32.1 Å². The maximum absolute atomic E-state index is 10.1. The molecule has 0 aromatic carbocycles. The minimum Gasteiger partial charge on any atom is -1.00 e. The Labute approximate surface area is 121 Å². The molecule has 0 aromatic rings. The van der Waals surface area contributed by atoms with Gasteiger partial charge in [0.15, 0.2) is 0 Å². The molecule has 0 fully saturated rings. The van der Waals surface area contributed by atoms with Crippen molar-refractivity contribution in [3.05, 3.63) is 0 Å². The Hall–Kier alpha value is 0.951. The average Bonchev–Trinajstić information content (AvgIpc) is 2.02. The number of rotatable bonds is 8. The first-order valence-corrected chi connectivity index (χ1v) is 4.99. The van der Waals surface area contributed by atoms with E-state index in [2.05, 4.69) is 6.92 Å². The van der Waals surface area contributed by atoms with Crippen LogP contribution in [0.3, 0.4) is 0 Å². The number of carboxylic acid groups (broad SMARTS) is 1. The summed E-state index contributed by atoms with van der Waals surface area (Å²) in [4.78, 5) is 10.1. The van der Waals surface area contributed by atoms with Gasteiger partial charge in [-0.3, -0.25) is 4.79 Å². The maximum atomic E-state index is 10.1. The Morgan fingerprint density at radius 1 is 1.08 bits per heavy atom. The fourth-order valence-electron chi connectivity index (χ4n) is 1.23. The molecule has 0 heterocycles. The van der Waals surface area contributed by atoms with Gasteiger partial charge < -0.3 is 7.96 Å². The van der Waals surface area contributed by atoms with Crippen LogP contribution in [0.2, 0.25) is 0 Å². The van der Waals surface area contributed by atoms with Gasteiger partial charge in [-0.2, -0.15) is 0 Å². The van der Waals surface area contributed by atoms with E-state index in [1.807, 2.05) is 0 Å². The predicted octanol–water partition coefficient (Wildman–Crippen LogP) is 3.06. The number of carboxylic acids is 1. The molecule has 0 amide bonds. The van der Waals surface area contributed by atoms with Crippen LogP contribution >= 0.6 is 0 Å². The van der Waals surface area contributed by atoms with Crippen molar-refractivity contribution in [2.24, 2.45) is 0 Å². The Kier molecular flexibility index (Phi) is 16.3. The quantitative estimate of drug-likeness (QED) is 0.539. The van der Waals surface area contributed by atoms with Crippen molar-refractivity contribution >= 4 is 51.5 Å². The molecule has 0 bridgehead atoms. The van der Waals surface area contributed by atoms with Crippen LogP contribution in [0, 0.1) is 0 Å². The third kappa shape index (κ3) is 15.7. The van der Waals surface area contributed by atoms with E-state index in [0.717, 1.165) is 12.8 Å². The minimum absolute atomic E-state index is 0. The molecule has 13 heavy (non-hydrogen) atoms. The molecule has 0 rings (SSSR count). The van der Waals surface area contributed by atoms with E-state index in [-0.39, 0.29) is 48.3 Å². The molecule has 1 N–H and O–H groups in total. The van der Waals surface area contributed by atoms with Crippen LogP contribution in [0.4, 0.5) is 0 Å². The molecule has 0 aliphatic rings. The molecule has 0 aromatic heterocycles. The van der Waals surface area contributed by atoms with Gasteiger partial charge in [-0.15, -0.1) is 0 Å². The van der Waals surface area contributed by atoms with Gasteiger partial charge in [-0.1, -0.05) is 45.4 Å². The summed E-state index contributed by atoms with van der Waals surface area (Å²) >= 11 is 0. The van der Waals surface area contributed by atoms with Gasteiger partial charge in [0, 0.05) is 6.42 Å². The van der Waals surface area contributed by atoms with E-state index in [9.17, 15) is 4.79 Å². The van der Waals surface area contributed by atoms with Crippen molar-refractivity contribution in [3.8, 4) is 0 Å². The summed E-state index contributed by atoms with van der Waals surface area (Å²) < 4.78 is 0. The number of hydrogen-bond acceptors (Lipinski definition) is 1. The van der Waals surface area contributed by atoms with Gasteiger partial charge in [0.1, 0.15) is 0 Å². The van der Waals surface area contributed by atoms with E-state index in [0.29, 0.717) is 6.42 Å². The zero-order valence-electron chi connectivity index (χ0n) is 10.7. The Morgan fingerprint density at radius 3 is 2.00 bits per heavy atom. The molecule has 3 heteroatoms. The van der Waals surface area contributed by atoms with Crippen LogP contribution in [-0.4, -0.2) is 56.6 Å².